The first-order chi connectivity index (χ1) is 9.23. The summed E-state index contributed by atoms with van der Waals surface area (Å²) < 4.78 is 18.6. The predicted molar refractivity (Wildman–Crippen MR) is 76.9 cm³/mol. The largest absolute Gasteiger partial charge is 0.444 e. The van der Waals surface area contributed by atoms with E-state index in [0.717, 1.165) is 0 Å². The molecule has 1 N–H and O–H groups in total. The van der Waals surface area contributed by atoms with Gasteiger partial charge in [-0.15, -0.1) is 0 Å². The summed E-state index contributed by atoms with van der Waals surface area (Å²) >= 11 is 3.07. The molecule has 1 aromatic carbocycles. The molecule has 0 spiro atoms. The molecule has 0 bridgehead atoms. The molecule has 110 valence electrons. The molecule has 0 radical (unpaired) electrons. The number of nitrogens with one attached hydrogen (secondary N) is 1. The van der Waals surface area contributed by atoms with Gasteiger partial charge >= 0.3 is 6.09 Å². The third kappa shape index (κ3) is 5.28. The van der Waals surface area contributed by atoms with E-state index in [0.29, 0.717) is 11.8 Å². The molecule has 20 heavy (non-hydrogen) atoms. The van der Waals surface area contributed by atoms with E-state index in [1.165, 1.54) is 18.2 Å². The minimum absolute atomic E-state index is 0.0807. The van der Waals surface area contributed by atoms with Gasteiger partial charge in [0.05, 0.1) is 10.5 Å². The Kier molecular flexibility index (Phi) is 5.68. The minimum Gasteiger partial charge on any atom is -0.444 e. The van der Waals surface area contributed by atoms with Crippen LogP contribution in [-0.2, 0) is 9.53 Å². The molecule has 0 fully saturated rings. The Morgan fingerprint density at radius 3 is 2.65 bits per heavy atom. The molecule has 6 heteroatoms. The number of aldehydes is 1. The molecule has 0 heterocycles. The van der Waals surface area contributed by atoms with Crippen molar-refractivity contribution in [3.8, 4) is 0 Å². The van der Waals surface area contributed by atoms with Crippen LogP contribution in [0.4, 0.5) is 9.18 Å². The van der Waals surface area contributed by atoms with Crippen LogP contribution in [0.2, 0.25) is 0 Å². The first-order valence-electron chi connectivity index (χ1n) is 6.11. The molecule has 1 aromatic rings. The van der Waals surface area contributed by atoms with E-state index in [4.69, 9.17) is 4.74 Å². The van der Waals surface area contributed by atoms with Gasteiger partial charge in [0.2, 0.25) is 0 Å². The SMILES string of the molecule is CC(C)(C)OC(=O)N[C@H](CC=O)c1ccc(F)c(Br)c1. The molecule has 0 aliphatic carbocycles. The second-order valence-electron chi connectivity index (χ2n) is 5.27. The Hall–Kier alpha value is -1.43. The monoisotopic (exact) mass is 345 g/mol. The Morgan fingerprint density at radius 2 is 2.15 bits per heavy atom. The molecule has 4 nitrogen and oxygen atoms in total. The summed E-state index contributed by atoms with van der Waals surface area (Å²) in [5.74, 6) is -0.407. The van der Waals surface area contributed by atoms with Crippen LogP contribution in [-0.4, -0.2) is 18.0 Å². The summed E-state index contributed by atoms with van der Waals surface area (Å²) in [6.45, 7) is 5.24. The first kappa shape index (κ1) is 16.6. The standard InChI is InChI=1S/C14H17BrFNO3/c1-14(2,3)20-13(19)17-12(6-7-18)9-4-5-11(16)10(15)8-9/h4-5,7-8,12H,6H2,1-3H3,(H,17,19)/t12-/m1/s1. The molecule has 0 saturated heterocycles. The predicted octanol–water partition coefficient (Wildman–Crippen LogP) is 3.74. The summed E-state index contributed by atoms with van der Waals surface area (Å²) in [5, 5.41) is 2.60. The number of hydrogen-bond donors (Lipinski definition) is 1. The Labute approximate surface area is 125 Å². The van der Waals surface area contributed by atoms with Gasteiger partial charge in [0, 0.05) is 6.42 Å². The van der Waals surface area contributed by atoms with Gasteiger partial charge in [-0.05, 0) is 54.4 Å². The van der Waals surface area contributed by atoms with Crippen LogP contribution in [0.25, 0.3) is 0 Å². The summed E-state index contributed by atoms with van der Waals surface area (Å²) in [5.41, 5.74) is -0.00429. The third-order valence-electron chi connectivity index (χ3n) is 2.37. The molecule has 0 aliphatic heterocycles. The number of alkyl carbamates (subject to hydrolysis) is 1. The van der Waals surface area contributed by atoms with Crippen LogP contribution in [0.5, 0.6) is 0 Å². The number of benzene rings is 1. The van der Waals surface area contributed by atoms with Gasteiger partial charge in [-0.1, -0.05) is 6.07 Å². The van der Waals surface area contributed by atoms with Crippen molar-refractivity contribution in [3.63, 3.8) is 0 Å². The topological polar surface area (TPSA) is 55.4 Å². The minimum atomic E-state index is -0.626. The quantitative estimate of drug-likeness (QED) is 0.845. The van der Waals surface area contributed by atoms with Gasteiger partial charge in [-0.25, -0.2) is 9.18 Å². The lowest BCUT2D eigenvalue weighted by Crippen LogP contribution is -2.35. The van der Waals surface area contributed by atoms with E-state index < -0.39 is 23.6 Å². The van der Waals surface area contributed by atoms with Crippen LogP contribution < -0.4 is 5.32 Å². The average Bonchev–Trinajstić information content (AvgIpc) is 2.30. The average molecular weight is 346 g/mol. The Morgan fingerprint density at radius 1 is 1.50 bits per heavy atom. The van der Waals surface area contributed by atoms with Gasteiger partial charge in [-0.3, -0.25) is 0 Å². The van der Waals surface area contributed by atoms with Gasteiger partial charge in [-0.2, -0.15) is 0 Å². The maximum absolute atomic E-state index is 13.2. The number of amides is 1. The van der Waals surface area contributed by atoms with Crippen LogP contribution in [0.1, 0.15) is 38.8 Å². The lowest BCUT2D eigenvalue weighted by molar-refractivity contribution is -0.108. The van der Waals surface area contributed by atoms with Crippen LogP contribution >= 0.6 is 15.9 Å². The first-order valence-corrected chi connectivity index (χ1v) is 6.90. The molecule has 0 saturated carbocycles. The summed E-state index contributed by atoms with van der Waals surface area (Å²) in [4.78, 5) is 22.5. The van der Waals surface area contributed by atoms with Gasteiger partial charge in [0.15, 0.2) is 0 Å². The molecule has 0 unspecified atom stereocenters. The highest BCUT2D eigenvalue weighted by molar-refractivity contribution is 9.10. The van der Waals surface area contributed by atoms with Gasteiger partial charge in [0.25, 0.3) is 0 Å². The molecule has 1 atom stereocenters. The number of hydrogen-bond acceptors (Lipinski definition) is 3. The van der Waals surface area contributed by atoms with E-state index in [1.807, 2.05) is 0 Å². The fourth-order valence-electron chi connectivity index (χ4n) is 1.55. The molecule has 0 aromatic heterocycles. The van der Waals surface area contributed by atoms with E-state index in [2.05, 4.69) is 21.2 Å². The van der Waals surface area contributed by atoms with Crippen molar-refractivity contribution in [3.05, 3.63) is 34.1 Å². The summed E-state index contributed by atoms with van der Waals surface area (Å²) in [6.07, 6.45) is 0.154. The number of ether oxygens (including phenoxy) is 1. The molecule has 0 aliphatic rings. The van der Waals surface area contributed by atoms with Crippen LogP contribution in [0.15, 0.2) is 22.7 Å². The molecular formula is C14H17BrFNO3. The van der Waals surface area contributed by atoms with Crippen molar-refractivity contribution in [2.75, 3.05) is 0 Å². The van der Waals surface area contributed by atoms with Gasteiger partial charge in [0.1, 0.15) is 17.7 Å². The van der Waals surface area contributed by atoms with Crippen molar-refractivity contribution < 1.29 is 18.7 Å². The van der Waals surface area contributed by atoms with E-state index >= 15 is 0 Å². The van der Waals surface area contributed by atoms with Crippen molar-refractivity contribution >= 4 is 28.3 Å². The van der Waals surface area contributed by atoms with Crippen molar-refractivity contribution in [2.45, 2.75) is 38.8 Å². The third-order valence-corrected chi connectivity index (χ3v) is 2.98. The fraction of sp³-hybridized carbons (Fsp3) is 0.429. The van der Waals surface area contributed by atoms with Crippen LogP contribution in [0, 0.1) is 5.82 Å². The zero-order chi connectivity index (χ0) is 15.3. The molecule has 1 amide bonds. The van der Waals surface area contributed by atoms with E-state index in [1.54, 1.807) is 20.8 Å². The normalized spacial score (nSPS) is 12.7. The highest BCUT2D eigenvalue weighted by Crippen LogP contribution is 2.23. The molecular weight excluding hydrogens is 329 g/mol. The lowest BCUT2D eigenvalue weighted by Gasteiger charge is -2.23. The number of carbonyl (C=O) groups excluding carboxylic acids is 2. The Balaban J connectivity index is 2.85. The lowest BCUT2D eigenvalue weighted by atomic mass is 10.0. The van der Waals surface area contributed by atoms with Crippen molar-refractivity contribution in [1.29, 1.82) is 0 Å². The fourth-order valence-corrected chi connectivity index (χ4v) is 1.95. The highest BCUT2D eigenvalue weighted by atomic mass is 79.9. The molecule has 1 rings (SSSR count). The summed E-state index contributed by atoms with van der Waals surface area (Å²) in [7, 11) is 0. The van der Waals surface area contributed by atoms with Gasteiger partial charge < -0.3 is 14.8 Å². The number of halogens is 2. The second-order valence-corrected chi connectivity index (χ2v) is 6.13. The smallest absolute Gasteiger partial charge is 0.408 e. The number of rotatable bonds is 4. The zero-order valence-corrected chi connectivity index (χ0v) is 13.2. The van der Waals surface area contributed by atoms with Crippen molar-refractivity contribution in [2.24, 2.45) is 0 Å². The summed E-state index contributed by atoms with van der Waals surface area (Å²) in [6, 6.07) is 3.76. The van der Waals surface area contributed by atoms with Crippen molar-refractivity contribution in [1.82, 2.24) is 5.32 Å². The second kappa shape index (κ2) is 6.83. The Bertz CT molecular complexity index is 500. The van der Waals surface area contributed by atoms with E-state index in [-0.39, 0.29) is 10.9 Å². The highest BCUT2D eigenvalue weighted by Gasteiger charge is 2.20. The van der Waals surface area contributed by atoms with Crippen LogP contribution in [0.3, 0.4) is 0 Å². The maximum atomic E-state index is 13.2. The maximum Gasteiger partial charge on any atom is 0.408 e. The van der Waals surface area contributed by atoms with E-state index in [9.17, 15) is 14.0 Å². The number of carbonyl (C=O) groups is 2. The zero-order valence-electron chi connectivity index (χ0n) is 11.6.